The van der Waals surface area contributed by atoms with Crippen molar-refractivity contribution < 1.29 is 4.79 Å². The minimum absolute atomic E-state index is 0.184. The van der Waals surface area contributed by atoms with Gasteiger partial charge in [0.1, 0.15) is 4.88 Å². The zero-order valence-corrected chi connectivity index (χ0v) is 14.8. The van der Waals surface area contributed by atoms with Gasteiger partial charge < -0.3 is 10.6 Å². The fraction of sp³-hybridized carbons (Fsp3) is 0.111. The summed E-state index contributed by atoms with van der Waals surface area (Å²) in [6, 6.07) is 15.2. The van der Waals surface area contributed by atoms with E-state index in [-0.39, 0.29) is 5.91 Å². The van der Waals surface area contributed by atoms with Gasteiger partial charge in [-0.3, -0.25) is 4.79 Å². The van der Waals surface area contributed by atoms with Crippen LogP contribution in [0.1, 0.15) is 20.9 Å². The van der Waals surface area contributed by atoms with E-state index in [1.807, 2.05) is 50.2 Å². The van der Waals surface area contributed by atoms with E-state index in [0.717, 1.165) is 11.3 Å². The number of nitrogens with zero attached hydrogens (tertiary/aromatic N) is 1. The molecule has 0 radical (unpaired) electrons. The summed E-state index contributed by atoms with van der Waals surface area (Å²) >= 11 is 7.33. The average Bonchev–Trinajstić information content (AvgIpc) is 2.92. The summed E-state index contributed by atoms with van der Waals surface area (Å²) in [6.07, 6.45) is 0. The summed E-state index contributed by atoms with van der Waals surface area (Å²) in [4.78, 5) is 17.6. The molecule has 1 heterocycles. The number of nitrogens with one attached hydrogen (secondary N) is 2. The minimum atomic E-state index is -0.184. The lowest BCUT2D eigenvalue weighted by Crippen LogP contribution is -2.12. The normalized spacial score (nSPS) is 10.5. The summed E-state index contributed by atoms with van der Waals surface area (Å²) < 4.78 is 0. The van der Waals surface area contributed by atoms with Gasteiger partial charge >= 0.3 is 0 Å². The SMILES string of the molecule is Cc1ccc(Cl)cc1NC(=O)c1sc(Nc2ccccc2)nc1C. The summed E-state index contributed by atoms with van der Waals surface area (Å²) in [7, 11) is 0. The Hall–Kier alpha value is -2.37. The number of carbonyl (C=O) groups excluding carboxylic acids is 1. The van der Waals surface area contributed by atoms with Gasteiger partial charge in [0, 0.05) is 16.4 Å². The molecule has 0 bridgehead atoms. The van der Waals surface area contributed by atoms with Crippen molar-refractivity contribution in [2.45, 2.75) is 13.8 Å². The van der Waals surface area contributed by atoms with E-state index in [4.69, 9.17) is 11.6 Å². The van der Waals surface area contributed by atoms with E-state index in [2.05, 4.69) is 15.6 Å². The van der Waals surface area contributed by atoms with Gasteiger partial charge in [-0.1, -0.05) is 47.2 Å². The Labute approximate surface area is 149 Å². The molecule has 122 valence electrons. The molecule has 0 aliphatic heterocycles. The first-order chi connectivity index (χ1) is 11.5. The maximum absolute atomic E-state index is 12.6. The minimum Gasteiger partial charge on any atom is -0.332 e. The number of hydrogen-bond acceptors (Lipinski definition) is 4. The summed E-state index contributed by atoms with van der Waals surface area (Å²) in [5.41, 5.74) is 3.29. The second-order valence-electron chi connectivity index (χ2n) is 5.34. The first-order valence-electron chi connectivity index (χ1n) is 7.40. The monoisotopic (exact) mass is 357 g/mol. The number of hydrogen-bond donors (Lipinski definition) is 2. The molecule has 4 nitrogen and oxygen atoms in total. The lowest BCUT2D eigenvalue weighted by molar-refractivity contribution is 0.102. The molecule has 0 unspecified atom stereocenters. The third-order valence-corrected chi connectivity index (χ3v) is 4.78. The molecule has 0 fully saturated rings. The van der Waals surface area contributed by atoms with E-state index >= 15 is 0 Å². The molecule has 0 saturated heterocycles. The quantitative estimate of drug-likeness (QED) is 0.656. The first-order valence-corrected chi connectivity index (χ1v) is 8.59. The van der Waals surface area contributed by atoms with Gasteiger partial charge in [0.05, 0.1) is 5.69 Å². The molecule has 0 atom stereocenters. The highest BCUT2D eigenvalue weighted by Crippen LogP contribution is 2.27. The molecule has 0 spiro atoms. The number of thiazole rings is 1. The fourth-order valence-corrected chi connectivity index (χ4v) is 3.27. The van der Waals surface area contributed by atoms with Crippen molar-refractivity contribution in [1.82, 2.24) is 4.98 Å². The number of rotatable bonds is 4. The number of aromatic nitrogens is 1. The molecule has 0 aliphatic carbocycles. The van der Waals surface area contributed by atoms with Gasteiger partial charge in [0.25, 0.3) is 5.91 Å². The third kappa shape index (κ3) is 3.75. The maximum atomic E-state index is 12.6. The Bertz CT molecular complexity index is 877. The highest BCUT2D eigenvalue weighted by atomic mass is 35.5. The smallest absolute Gasteiger partial charge is 0.267 e. The van der Waals surface area contributed by atoms with Gasteiger partial charge in [0.15, 0.2) is 5.13 Å². The molecular formula is C18H16ClN3OS. The Morgan fingerprint density at radius 3 is 2.62 bits per heavy atom. The zero-order valence-electron chi connectivity index (χ0n) is 13.3. The largest absolute Gasteiger partial charge is 0.332 e. The van der Waals surface area contributed by atoms with Gasteiger partial charge in [-0.05, 0) is 43.7 Å². The number of anilines is 3. The predicted octanol–water partition coefficient (Wildman–Crippen LogP) is 5.41. The van der Waals surface area contributed by atoms with Crippen LogP contribution in [-0.2, 0) is 0 Å². The number of aryl methyl sites for hydroxylation is 2. The standard InChI is InChI=1S/C18H16ClN3OS/c1-11-8-9-13(19)10-15(11)22-17(23)16-12(2)20-18(24-16)21-14-6-4-3-5-7-14/h3-10H,1-2H3,(H,20,21)(H,22,23). The van der Waals surface area contributed by atoms with Crippen LogP contribution in [0.4, 0.5) is 16.5 Å². The lowest BCUT2D eigenvalue weighted by atomic mass is 10.2. The average molecular weight is 358 g/mol. The fourth-order valence-electron chi connectivity index (χ4n) is 2.21. The Morgan fingerprint density at radius 2 is 1.88 bits per heavy atom. The maximum Gasteiger partial charge on any atom is 0.267 e. The highest BCUT2D eigenvalue weighted by molar-refractivity contribution is 7.17. The molecule has 1 amide bonds. The van der Waals surface area contributed by atoms with E-state index in [1.165, 1.54) is 11.3 Å². The van der Waals surface area contributed by atoms with Crippen molar-refractivity contribution in [3.05, 3.63) is 69.7 Å². The van der Waals surface area contributed by atoms with Crippen molar-refractivity contribution in [2.75, 3.05) is 10.6 Å². The molecular weight excluding hydrogens is 342 g/mol. The Morgan fingerprint density at radius 1 is 1.12 bits per heavy atom. The molecule has 1 aromatic heterocycles. The number of halogens is 1. The number of benzene rings is 2. The van der Waals surface area contributed by atoms with Crippen LogP contribution < -0.4 is 10.6 Å². The van der Waals surface area contributed by atoms with Gasteiger partial charge in [-0.2, -0.15) is 0 Å². The van der Waals surface area contributed by atoms with Crippen LogP contribution in [0.25, 0.3) is 0 Å². The second-order valence-corrected chi connectivity index (χ2v) is 6.77. The molecule has 2 N–H and O–H groups in total. The highest BCUT2D eigenvalue weighted by Gasteiger charge is 2.16. The van der Waals surface area contributed by atoms with Crippen LogP contribution in [0, 0.1) is 13.8 Å². The van der Waals surface area contributed by atoms with Crippen LogP contribution in [0.2, 0.25) is 5.02 Å². The molecule has 2 aromatic carbocycles. The second kappa shape index (κ2) is 7.03. The molecule has 0 aliphatic rings. The topological polar surface area (TPSA) is 54.0 Å². The molecule has 0 saturated carbocycles. The van der Waals surface area contributed by atoms with Crippen LogP contribution in [0.3, 0.4) is 0 Å². The molecule has 6 heteroatoms. The van der Waals surface area contributed by atoms with Gasteiger partial charge in [-0.25, -0.2) is 4.98 Å². The van der Waals surface area contributed by atoms with Gasteiger partial charge in [0.2, 0.25) is 0 Å². The van der Waals surface area contributed by atoms with Crippen molar-refractivity contribution in [2.24, 2.45) is 0 Å². The predicted molar refractivity (Wildman–Crippen MR) is 101 cm³/mol. The van der Waals surface area contributed by atoms with Crippen LogP contribution >= 0.6 is 22.9 Å². The van der Waals surface area contributed by atoms with E-state index in [1.54, 1.807) is 12.1 Å². The van der Waals surface area contributed by atoms with Crippen molar-refractivity contribution in [3.63, 3.8) is 0 Å². The molecule has 3 aromatic rings. The third-order valence-electron chi connectivity index (χ3n) is 3.48. The molecule has 24 heavy (non-hydrogen) atoms. The number of para-hydroxylation sites is 1. The summed E-state index contributed by atoms with van der Waals surface area (Å²) in [5.74, 6) is -0.184. The van der Waals surface area contributed by atoms with E-state index in [0.29, 0.717) is 26.4 Å². The number of amides is 1. The van der Waals surface area contributed by atoms with Crippen LogP contribution in [0.5, 0.6) is 0 Å². The molecule has 3 rings (SSSR count). The first kappa shape index (κ1) is 16.5. The number of carbonyl (C=O) groups is 1. The van der Waals surface area contributed by atoms with Crippen molar-refractivity contribution >= 4 is 45.4 Å². The van der Waals surface area contributed by atoms with Gasteiger partial charge in [-0.15, -0.1) is 0 Å². The lowest BCUT2D eigenvalue weighted by Gasteiger charge is -2.08. The van der Waals surface area contributed by atoms with Crippen molar-refractivity contribution in [1.29, 1.82) is 0 Å². The van der Waals surface area contributed by atoms with Crippen molar-refractivity contribution in [3.8, 4) is 0 Å². The van der Waals surface area contributed by atoms with E-state index in [9.17, 15) is 4.79 Å². The summed E-state index contributed by atoms with van der Waals surface area (Å²) in [6.45, 7) is 3.75. The summed E-state index contributed by atoms with van der Waals surface area (Å²) in [5, 5.41) is 7.39. The van der Waals surface area contributed by atoms with Crippen LogP contribution in [0.15, 0.2) is 48.5 Å². The van der Waals surface area contributed by atoms with E-state index < -0.39 is 0 Å². The Balaban J connectivity index is 1.79. The van der Waals surface area contributed by atoms with Crippen LogP contribution in [-0.4, -0.2) is 10.9 Å². The zero-order chi connectivity index (χ0) is 17.1. The Kier molecular flexibility index (Phi) is 4.83.